The first kappa shape index (κ1) is 21.2. The van der Waals surface area contributed by atoms with Crippen molar-refractivity contribution in [2.24, 2.45) is 29.1 Å². The minimum Gasteiger partial charge on any atom is -0.392 e. The van der Waals surface area contributed by atoms with E-state index in [4.69, 9.17) is 0 Å². The Morgan fingerprint density at radius 3 is 2.31 bits per heavy atom. The predicted molar refractivity (Wildman–Crippen MR) is 103 cm³/mol. The molecular weight excluding hydrogens is 328 g/mol. The molecule has 2 aliphatic carbocycles. The van der Waals surface area contributed by atoms with Crippen molar-refractivity contribution in [3.05, 3.63) is 0 Å². The lowest BCUT2D eigenvalue weighted by molar-refractivity contribution is -0.144. The third-order valence-electron chi connectivity index (χ3n) is 6.83. The molecule has 2 amide bonds. The first-order valence-corrected chi connectivity index (χ1v) is 10.1. The van der Waals surface area contributed by atoms with Crippen molar-refractivity contribution < 1.29 is 14.7 Å². The summed E-state index contributed by atoms with van der Waals surface area (Å²) in [5, 5.41) is 17.4. The maximum atomic E-state index is 12.7. The third-order valence-corrected chi connectivity index (χ3v) is 6.83. The van der Waals surface area contributed by atoms with Crippen molar-refractivity contribution in [2.75, 3.05) is 0 Å². The van der Waals surface area contributed by atoms with E-state index in [1.54, 1.807) is 6.92 Å². The van der Waals surface area contributed by atoms with E-state index in [0.717, 1.165) is 25.7 Å². The van der Waals surface area contributed by atoms with Crippen LogP contribution in [-0.4, -0.2) is 34.6 Å². The van der Waals surface area contributed by atoms with Crippen molar-refractivity contribution >= 4 is 11.8 Å². The molecule has 7 atom stereocenters. The second-order valence-corrected chi connectivity index (χ2v) is 10.1. The van der Waals surface area contributed by atoms with Crippen molar-refractivity contribution in [3.63, 3.8) is 0 Å². The van der Waals surface area contributed by atoms with Gasteiger partial charge >= 0.3 is 0 Å². The zero-order valence-electron chi connectivity index (χ0n) is 17.6. The summed E-state index contributed by atoms with van der Waals surface area (Å²) in [6, 6.07) is 0.109. The Balaban J connectivity index is 2.17. The summed E-state index contributed by atoms with van der Waals surface area (Å²) < 4.78 is 0. The minimum atomic E-state index is -0.513. The molecule has 0 radical (unpaired) electrons. The molecule has 0 heterocycles. The van der Waals surface area contributed by atoms with Crippen LogP contribution in [0.5, 0.6) is 0 Å². The molecule has 7 unspecified atom stereocenters. The monoisotopic (exact) mass is 366 g/mol. The van der Waals surface area contributed by atoms with E-state index in [9.17, 15) is 14.7 Å². The zero-order valence-corrected chi connectivity index (χ0v) is 17.6. The van der Waals surface area contributed by atoms with Gasteiger partial charge in [0.2, 0.25) is 11.8 Å². The molecule has 0 bridgehead atoms. The van der Waals surface area contributed by atoms with Gasteiger partial charge in [-0.15, -0.1) is 0 Å². The second kappa shape index (κ2) is 7.49. The molecule has 0 aromatic heterocycles. The van der Waals surface area contributed by atoms with Gasteiger partial charge in [-0.05, 0) is 69.6 Å². The molecular formula is C21H38N2O3. The quantitative estimate of drug-likeness (QED) is 0.719. The zero-order chi connectivity index (χ0) is 19.9. The molecule has 0 saturated heterocycles. The van der Waals surface area contributed by atoms with Crippen LogP contribution in [0, 0.1) is 29.1 Å². The van der Waals surface area contributed by atoms with Crippen LogP contribution in [0.2, 0.25) is 0 Å². The molecule has 150 valence electrons. The van der Waals surface area contributed by atoms with E-state index in [0.29, 0.717) is 0 Å². The number of rotatable bonds is 3. The van der Waals surface area contributed by atoms with Crippen LogP contribution in [0.3, 0.4) is 0 Å². The Morgan fingerprint density at radius 1 is 1.19 bits per heavy atom. The highest BCUT2D eigenvalue weighted by atomic mass is 16.3. The van der Waals surface area contributed by atoms with Crippen LogP contribution in [0.15, 0.2) is 0 Å². The third kappa shape index (κ3) is 4.41. The summed E-state index contributed by atoms with van der Waals surface area (Å²) in [6.07, 6.45) is 3.37. The number of hydrogen-bond acceptors (Lipinski definition) is 3. The van der Waals surface area contributed by atoms with Gasteiger partial charge in [0.25, 0.3) is 0 Å². The van der Waals surface area contributed by atoms with E-state index in [1.807, 2.05) is 27.7 Å². The van der Waals surface area contributed by atoms with Gasteiger partial charge in [0.05, 0.1) is 6.10 Å². The highest BCUT2D eigenvalue weighted by Gasteiger charge is 2.53. The molecule has 2 fully saturated rings. The van der Waals surface area contributed by atoms with Gasteiger partial charge < -0.3 is 15.7 Å². The number of fused-ring (bicyclic) bond motifs is 1. The maximum absolute atomic E-state index is 12.7. The highest BCUT2D eigenvalue weighted by Crippen LogP contribution is 2.55. The molecule has 5 heteroatoms. The summed E-state index contributed by atoms with van der Waals surface area (Å²) in [4.78, 5) is 24.2. The van der Waals surface area contributed by atoms with Gasteiger partial charge in [-0.2, -0.15) is 0 Å². The maximum Gasteiger partial charge on any atom is 0.223 e. The second-order valence-electron chi connectivity index (χ2n) is 10.1. The van der Waals surface area contributed by atoms with Crippen molar-refractivity contribution in [1.29, 1.82) is 0 Å². The average molecular weight is 367 g/mol. The van der Waals surface area contributed by atoms with Crippen LogP contribution in [0.4, 0.5) is 0 Å². The van der Waals surface area contributed by atoms with Crippen molar-refractivity contribution in [3.8, 4) is 0 Å². The molecule has 26 heavy (non-hydrogen) atoms. The molecule has 2 saturated carbocycles. The smallest absolute Gasteiger partial charge is 0.223 e. The van der Waals surface area contributed by atoms with Gasteiger partial charge in [0, 0.05) is 24.4 Å². The standard InChI is InChI=1S/C21H38N2O3/c1-12(19(26)23-20(4,5)6)15-8-10-21(7)11-9-16(22-14(3)24)13(2)17(21)18(15)25/h12-13,15-18,25H,8-11H2,1-7H3,(H,22,24)(H,23,26). The molecule has 5 nitrogen and oxygen atoms in total. The summed E-state index contributed by atoms with van der Waals surface area (Å²) in [7, 11) is 0. The SMILES string of the molecule is CC(=O)NC1CCC2(C)CCC(C(C)C(=O)NC(C)(C)C)C(O)C2C1C. The van der Waals surface area contributed by atoms with E-state index in [-0.39, 0.29) is 52.5 Å². The van der Waals surface area contributed by atoms with Gasteiger partial charge in [-0.25, -0.2) is 0 Å². The summed E-state index contributed by atoms with van der Waals surface area (Å²) >= 11 is 0. The molecule has 3 N–H and O–H groups in total. The van der Waals surface area contributed by atoms with E-state index >= 15 is 0 Å². The summed E-state index contributed by atoms with van der Waals surface area (Å²) in [6.45, 7) is 13.9. The number of aliphatic hydroxyl groups excluding tert-OH is 1. The van der Waals surface area contributed by atoms with E-state index in [1.165, 1.54) is 0 Å². The lowest BCUT2D eigenvalue weighted by Gasteiger charge is -2.56. The van der Waals surface area contributed by atoms with Crippen LogP contribution in [0.25, 0.3) is 0 Å². The van der Waals surface area contributed by atoms with Crippen LogP contribution in [-0.2, 0) is 9.59 Å². The topological polar surface area (TPSA) is 78.4 Å². The Labute approximate surface area is 158 Å². The van der Waals surface area contributed by atoms with Crippen LogP contribution < -0.4 is 10.6 Å². The van der Waals surface area contributed by atoms with Gasteiger partial charge in [0.1, 0.15) is 0 Å². The Kier molecular flexibility index (Phi) is 6.11. The van der Waals surface area contributed by atoms with Gasteiger partial charge in [-0.3, -0.25) is 9.59 Å². The number of amides is 2. The Hall–Kier alpha value is -1.10. The lowest BCUT2D eigenvalue weighted by atomic mass is 9.51. The molecule has 0 aromatic rings. The van der Waals surface area contributed by atoms with Gasteiger partial charge in [-0.1, -0.05) is 20.8 Å². The largest absolute Gasteiger partial charge is 0.392 e. The molecule has 2 aliphatic rings. The predicted octanol–water partition coefficient (Wildman–Crippen LogP) is 2.87. The number of aliphatic hydroxyl groups is 1. The average Bonchev–Trinajstić information content (AvgIpc) is 2.48. The summed E-state index contributed by atoms with van der Waals surface area (Å²) in [5.74, 6) is 0.0680. The molecule has 2 rings (SSSR count). The molecule has 0 spiro atoms. The first-order chi connectivity index (χ1) is 11.9. The molecule has 0 aliphatic heterocycles. The number of carbonyl (C=O) groups is 2. The number of hydrogen-bond donors (Lipinski definition) is 3. The Bertz CT molecular complexity index is 542. The van der Waals surface area contributed by atoms with Crippen LogP contribution in [0.1, 0.15) is 74.1 Å². The first-order valence-electron chi connectivity index (χ1n) is 10.1. The minimum absolute atomic E-state index is 0.00905. The fourth-order valence-electron chi connectivity index (χ4n) is 5.44. The number of carbonyl (C=O) groups excluding carboxylic acids is 2. The van der Waals surface area contributed by atoms with Crippen molar-refractivity contribution in [2.45, 2.75) is 91.8 Å². The fraction of sp³-hybridized carbons (Fsp3) is 0.905. The highest BCUT2D eigenvalue weighted by molar-refractivity contribution is 5.79. The molecule has 0 aromatic carbocycles. The van der Waals surface area contributed by atoms with Crippen molar-refractivity contribution in [1.82, 2.24) is 10.6 Å². The van der Waals surface area contributed by atoms with E-state index < -0.39 is 6.10 Å². The Morgan fingerprint density at radius 2 is 1.77 bits per heavy atom. The lowest BCUT2D eigenvalue weighted by Crippen LogP contribution is -2.58. The fourth-order valence-corrected chi connectivity index (χ4v) is 5.44. The summed E-state index contributed by atoms with van der Waals surface area (Å²) in [5.41, 5.74) is -0.182. The van der Waals surface area contributed by atoms with Crippen LogP contribution >= 0.6 is 0 Å². The number of nitrogens with one attached hydrogen (secondary N) is 2. The normalized spacial score (nSPS) is 38.8. The van der Waals surface area contributed by atoms with Gasteiger partial charge in [0.15, 0.2) is 0 Å². The van der Waals surface area contributed by atoms with E-state index in [2.05, 4.69) is 24.5 Å².